The molecule has 3 rings (SSSR count). The van der Waals surface area contributed by atoms with Crippen LogP contribution in [0.2, 0.25) is 0 Å². The van der Waals surface area contributed by atoms with Crippen LogP contribution in [0.4, 0.5) is 0 Å². The molecule has 1 aromatic carbocycles. The molecule has 0 fully saturated rings. The molecule has 18 heavy (non-hydrogen) atoms. The summed E-state index contributed by atoms with van der Waals surface area (Å²) in [5.74, 6) is 0.232. The third-order valence-corrected chi connectivity index (χ3v) is 4.69. The van der Waals surface area contributed by atoms with Crippen LogP contribution in [0.15, 0.2) is 35.4 Å². The summed E-state index contributed by atoms with van der Waals surface area (Å²) in [5, 5.41) is 0.968. The predicted octanol–water partition coefficient (Wildman–Crippen LogP) is 4.08. The van der Waals surface area contributed by atoms with E-state index in [2.05, 4.69) is 24.9 Å². The summed E-state index contributed by atoms with van der Waals surface area (Å²) in [6.07, 6.45) is 1.80. The van der Waals surface area contributed by atoms with Crippen molar-refractivity contribution in [3.8, 4) is 0 Å². The van der Waals surface area contributed by atoms with E-state index in [1.54, 1.807) is 11.3 Å². The van der Waals surface area contributed by atoms with Crippen LogP contribution >= 0.6 is 11.3 Å². The number of hydrogen-bond donors (Lipinski definition) is 0. The van der Waals surface area contributed by atoms with Crippen LogP contribution in [0, 0.1) is 0 Å². The standard InChI is InChI=1S/C15H15NOS/c1-3-9-10(4-2)14(17)13(9)15-16-11-7-5-6-8-12(11)18-15/h5-8,13H,3-4H2,1-2H3. The zero-order valence-corrected chi connectivity index (χ0v) is 11.4. The summed E-state index contributed by atoms with van der Waals surface area (Å²) in [6, 6.07) is 8.08. The van der Waals surface area contributed by atoms with Gasteiger partial charge in [0.2, 0.25) is 0 Å². The number of ketones is 1. The van der Waals surface area contributed by atoms with E-state index in [1.807, 2.05) is 18.2 Å². The van der Waals surface area contributed by atoms with Crippen LogP contribution in [0.25, 0.3) is 10.2 Å². The fraction of sp³-hybridized carbons (Fsp3) is 0.333. The van der Waals surface area contributed by atoms with Gasteiger partial charge in [-0.15, -0.1) is 11.3 Å². The number of Topliss-reactive ketones (excluding diaryl/α,β-unsaturated/α-hetero) is 1. The molecule has 0 radical (unpaired) electrons. The van der Waals surface area contributed by atoms with E-state index < -0.39 is 0 Å². The van der Waals surface area contributed by atoms with Crippen molar-refractivity contribution in [2.75, 3.05) is 0 Å². The molecule has 0 bridgehead atoms. The minimum absolute atomic E-state index is 0.0534. The van der Waals surface area contributed by atoms with Crippen LogP contribution in [-0.2, 0) is 4.79 Å². The minimum atomic E-state index is -0.0534. The molecule has 0 aliphatic heterocycles. The summed E-state index contributed by atoms with van der Waals surface area (Å²) in [6.45, 7) is 4.18. The molecule has 1 aromatic heterocycles. The van der Waals surface area contributed by atoms with Gasteiger partial charge < -0.3 is 0 Å². The average molecular weight is 257 g/mol. The van der Waals surface area contributed by atoms with Crippen molar-refractivity contribution in [3.63, 3.8) is 0 Å². The maximum atomic E-state index is 12.1. The van der Waals surface area contributed by atoms with E-state index in [1.165, 1.54) is 10.3 Å². The highest BCUT2D eigenvalue weighted by molar-refractivity contribution is 7.18. The number of fused-ring (bicyclic) bond motifs is 1. The first-order chi connectivity index (χ1) is 8.76. The van der Waals surface area contributed by atoms with Gasteiger partial charge in [-0.3, -0.25) is 4.79 Å². The monoisotopic (exact) mass is 257 g/mol. The van der Waals surface area contributed by atoms with Crippen molar-refractivity contribution in [1.82, 2.24) is 4.98 Å². The van der Waals surface area contributed by atoms with Crippen molar-refractivity contribution in [3.05, 3.63) is 40.4 Å². The summed E-state index contributed by atoms with van der Waals surface area (Å²) in [7, 11) is 0. The Bertz CT molecular complexity index is 620. The Morgan fingerprint density at radius 2 is 2.00 bits per heavy atom. The summed E-state index contributed by atoms with van der Waals surface area (Å²) >= 11 is 1.65. The Morgan fingerprint density at radius 1 is 1.22 bits per heavy atom. The SMILES string of the molecule is CCC1=C(CC)C(c2nc3ccccc3s2)C1=O. The zero-order valence-electron chi connectivity index (χ0n) is 10.6. The number of thiazole rings is 1. The lowest BCUT2D eigenvalue weighted by Crippen LogP contribution is -2.28. The molecule has 1 unspecified atom stereocenters. The number of carbonyl (C=O) groups is 1. The van der Waals surface area contributed by atoms with E-state index in [9.17, 15) is 4.79 Å². The second-order valence-electron chi connectivity index (χ2n) is 4.53. The third-order valence-electron chi connectivity index (χ3n) is 3.59. The number of rotatable bonds is 3. The molecular weight excluding hydrogens is 242 g/mol. The predicted molar refractivity (Wildman–Crippen MR) is 75.0 cm³/mol. The Balaban J connectivity index is 2.06. The topological polar surface area (TPSA) is 30.0 Å². The number of nitrogens with zero attached hydrogens (tertiary/aromatic N) is 1. The fourth-order valence-corrected chi connectivity index (χ4v) is 3.78. The average Bonchev–Trinajstić information content (AvgIpc) is 2.78. The van der Waals surface area contributed by atoms with E-state index >= 15 is 0 Å². The van der Waals surface area contributed by atoms with Crippen LogP contribution in [0.3, 0.4) is 0 Å². The molecule has 0 N–H and O–H groups in total. The first-order valence-corrected chi connectivity index (χ1v) is 7.19. The van der Waals surface area contributed by atoms with Crippen molar-refractivity contribution >= 4 is 27.3 Å². The van der Waals surface area contributed by atoms with Gasteiger partial charge in [0.1, 0.15) is 5.01 Å². The Labute approximate surface area is 110 Å². The molecule has 0 amide bonds. The maximum Gasteiger partial charge on any atom is 0.172 e. The largest absolute Gasteiger partial charge is 0.293 e. The van der Waals surface area contributed by atoms with Crippen molar-refractivity contribution in [2.24, 2.45) is 0 Å². The van der Waals surface area contributed by atoms with Crippen molar-refractivity contribution < 1.29 is 4.79 Å². The number of hydrogen-bond acceptors (Lipinski definition) is 3. The molecule has 2 nitrogen and oxygen atoms in total. The number of aromatic nitrogens is 1. The van der Waals surface area contributed by atoms with E-state index in [4.69, 9.17) is 0 Å². The molecule has 0 spiro atoms. The smallest absolute Gasteiger partial charge is 0.172 e. The van der Waals surface area contributed by atoms with Gasteiger partial charge in [0.15, 0.2) is 5.78 Å². The highest BCUT2D eigenvalue weighted by Gasteiger charge is 2.39. The van der Waals surface area contributed by atoms with Gasteiger partial charge in [-0.05, 0) is 36.1 Å². The molecule has 0 saturated carbocycles. The van der Waals surface area contributed by atoms with E-state index in [0.29, 0.717) is 0 Å². The maximum absolute atomic E-state index is 12.1. The van der Waals surface area contributed by atoms with E-state index in [0.717, 1.165) is 28.9 Å². The second kappa shape index (κ2) is 4.32. The number of allylic oxidation sites excluding steroid dienone is 2. The van der Waals surface area contributed by atoms with Gasteiger partial charge in [-0.1, -0.05) is 26.0 Å². The molecule has 1 atom stereocenters. The zero-order chi connectivity index (χ0) is 12.7. The van der Waals surface area contributed by atoms with Gasteiger partial charge in [-0.25, -0.2) is 4.98 Å². The fourth-order valence-electron chi connectivity index (χ4n) is 2.68. The highest BCUT2D eigenvalue weighted by atomic mass is 32.1. The molecule has 92 valence electrons. The lowest BCUT2D eigenvalue weighted by atomic mass is 9.74. The van der Waals surface area contributed by atoms with E-state index in [-0.39, 0.29) is 11.7 Å². The molecule has 1 aliphatic rings. The van der Waals surface area contributed by atoms with Gasteiger partial charge in [0, 0.05) is 0 Å². The lowest BCUT2D eigenvalue weighted by Gasteiger charge is -2.29. The van der Waals surface area contributed by atoms with Gasteiger partial charge in [0.25, 0.3) is 0 Å². The highest BCUT2D eigenvalue weighted by Crippen LogP contribution is 2.44. The van der Waals surface area contributed by atoms with Gasteiger partial charge in [0.05, 0.1) is 16.1 Å². The summed E-state index contributed by atoms with van der Waals surface area (Å²) < 4.78 is 1.17. The first kappa shape index (κ1) is 11.6. The van der Waals surface area contributed by atoms with Crippen LogP contribution < -0.4 is 0 Å². The number of benzene rings is 1. The third kappa shape index (κ3) is 1.54. The molecule has 1 heterocycles. The Kier molecular flexibility index (Phi) is 2.78. The minimum Gasteiger partial charge on any atom is -0.293 e. The molecular formula is C15H15NOS. The van der Waals surface area contributed by atoms with Crippen LogP contribution in [0.1, 0.15) is 37.6 Å². The van der Waals surface area contributed by atoms with Crippen LogP contribution in [0.5, 0.6) is 0 Å². The normalized spacial score (nSPS) is 19.4. The lowest BCUT2D eigenvalue weighted by molar-refractivity contribution is -0.118. The first-order valence-electron chi connectivity index (χ1n) is 6.37. The second-order valence-corrected chi connectivity index (χ2v) is 5.59. The summed E-state index contributed by atoms with van der Waals surface area (Å²) in [5.41, 5.74) is 3.33. The summed E-state index contributed by atoms with van der Waals surface area (Å²) in [4.78, 5) is 16.8. The molecule has 2 aromatic rings. The number of para-hydroxylation sites is 1. The molecule has 3 heteroatoms. The number of carbonyl (C=O) groups excluding carboxylic acids is 1. The van der Waals surface area contributed by atoms with Gasteiger partial charge >= 0.3 is 0 Å². The Morgan fingerprint density at radius 3 is 2.67 bits per heavy atom. The van der Waals surface area contributed by atoms with Crippen molar-refractivity contribution in [1.29, 1.82) is 0 Å². The quantitative estimate of drug-likeness (QED) is 0.829. The van der Waals surface area contributed by atoms with Gasteiger partial charge in [-0.2, -0.15) is 0 Å². The molecule has 1 aliphatic carbocycles. The van der Waals surface area contributed by atoms with Crippen LogP contribution in [-0.4, -0.2) is 10.8 Å². The van der Waals surface area contributed by atoms with Crippen molar-refractivity contribution in [2.45, 2.75) is 32.6 Å². The molecule has 0 saturated heterocycles. The Hall–Kier alpha value is -1.48.